The molecule has 0 bridgehead atoms. The molecule has 0 saturated heterocycles. The highest BCUT2D eigenvalue weighted by Gasteiger charge is 2.12. The van der Waals surface area contributed by atoms with Crippen molar-refractivity contribution < 1.29 is 0 Å². The van der Waals surface area contributed by atoms with Crippen LogP contribution in [0.2, 0.25) is 0 Å². The summed E-state index contributed by atoms with van der Waals surface area (Å²) < 4.78 is 3.74. The molecule has 3 aromatic rings. The lowest BCUT2D eigenvalue weighted by Crippen LogP contribution is -2.28. The summed E-state index contributed by atoms with van der Waals surface area (Å²) in [5.74, 6) is 0.554. The van der Waals surface area contributed by atoms with Crippen molar-refractivity contribution in [3.8, 4) is 11.3 Å². The van der Waals surface area contributed by atoms with Gasteiger partial charge in [0.1, 0.15) is 0 Å². The van der Waals surface area contributed by atoms with E-state index in [1.54, 1.807) is 10.9 Å². The fourth-order valence-electron chi connectivity index (χ4n) is 2.58. The number of nitrogens with one attached hydrogen (secondary N) is 2. The highest BCUT2D eigenvalue weighted by Crippen LogP contribution is 2.24. The van der Waals surface area contributed by atoms with Gasteiger partial charge in [0, 0.05) is 43.4 Å². The zero-order chi connectivity index (χ0) is 19.2. The minimum Gasteiger partial charge on any atom is -0.338 e. The number of nitrogens with zero attached hydrogens (tertiary/aromatic N) is 6. The first-order chi connectivity index (χ1) is 13.1. The zero-order valence-corrected chi connectivity index (χ0v) is 16.6. The van der Waals surface area contributed by atoms with Crippen molar-refractivity contribution in [1.29, 1.82) is 0 Å². The number of fused-ring (bicyclic) bond motifs is 1. The smallest absolute Gasteiger partial charge is 0.198 e. The van der Waals surface area contributed by atoms with Crippen LogP contribution in [0.15, 0.2) is 48.3 Å². The van der Waals surface area contributed by atoms with E-state index >= 15 is 0 Å². The van der Waals surface area contributed by atoms with Crippen LogP contribution in [0, 0.1) is 0 Å². The van der Waals surface area contributed by atoms with Gasteiger partial charge >= 0.3 is 0 Å². The van der Waals surface area contributed by atoms with Gasteiger partial charge in [-0.1, -0.05) is 25.3 Å². The molecule has 9 heteroatoms. The quantitative estimate of drug-likeness (QED) is 0.370. The predicted molar refractivity (Wildman–Crippen MR) is 111 cm³/mol. The molecule has 0 unspecified atom stereocenters. The molecule has 0 spiro atoms. The number of amidine groups is 1. The Hall–Kier alpha value is -2.65. The van der Waals surface area contributed by atoms with Gasteiger partial charge in [0.15, 0.2) is 16.6 Å². The molecule has 142 valence electrons. The topological polar surface area (TPSA) is 84.4 Å². The molecule has 2 N–H and O–H groups in total. The molecular weight excluding hydrogens is 360 g/mol. The van der Waals surface area contributed by atoms with Crippen LogP contribution in [-0.2, 0) is 7.05 Å². The summed E-state index contributed by atoms with van der Waals surface area (Å²) in [6.07, 6.45) is 12.2. The van der Waals surface area contributed by atoms with Crippen LogP contribution >= 0.6 is 11.8 Å². The van der Waals surface area contributed by atoms with Crippen molar-refractivity contribution in [3.63, 3.8) is 0 Å². The Morgan fingerprint density at radius 3 is 2.89 bits per heavy atom. The predicted octanol–water partition coefficient (Wildman–Crippen LogP) is 2.58. The second kappa shape index (κ2) is 8.83. The summed E-state index contributed by atoms with van der Waals surface area (Å²) in [4.78, 5) is 13.6. The SMILES string of the molecule is C=C(CNCCC)NC(=Nc1nccn2c(-c3cnn(C)c3)cnc12)SC. The third-order valence-corrected chi connectivity index (χ3v) is 4.44. The van der Waals surface area contributed by atoms with Crippen molar-refractivity contribution in [1.82, 2.24) is 34.8 Å². The summed E-state index contributed by atoms with van der Waals surface area (Å²) in [6.45, 7) is 7.83. The van der Waals surface area contributed by atoms with E-state index in [1.165, 1.54) is 11.8 Å². The maximum absolute atomic E-state index is 4.65. The fraction of sp³-hybridized carbons (Fsp3) is 0.333. The maximum atomic E-state index is 4.65. The molecular formula is C18H24N8S. The Labute approximate surface area is 162 Å². The van der Waals surface area contributed by atoms with Gasteiger partial charge in [-0.15, -0.1) is 0 Å². The van der Waals surface area contributed by atoms with Crippen LogP contribution in [0.25, 0.3) is 16.9 Å². The van der Waals surface area contributed by atoms with Gasteiger partial charge in [0.05, 0.1) is 18.1 Å². The Bertz CT molecular complexity index is 955. The first-order valence-corrected chi connectivity index (χ1v) is 9.94. The largest absolute Gasteiger partial charge is 0.338 e. The van der Waals surface area contributed by atoms with Crippen LogP contribution < -0.4 is 10.6 Å². The molecule has 27 heavy (non-hydrogen) atoms. The molecule has 0 atom stereocenters. The second-order valence-corrected chi connectivity index (χ2v) is 6.81. The zero-order valence-electron chi connectivity index (χ0n) is 15.8. The molecule has 0 saturated carbocycles. The van der Waals surface area contributed by atoms with Crippen molar-refractivity contribution >= 4 is 28.4 Å². The van der Waals surface area contributed by atoms with Crippen LogP contribution in [-0.4, -0.2) is 48.7 Å². The lowest BCUT2D eigenvalue weighted by atomic mass is 10.3. The van der Waals surface area contributed by atoms with E-state index in [9.17, 15) is 0 Å². The van der Waals surface area contributed by atoms with Gasteiger partial charge in [-0.3, -0.25) is 9.08 Å². The van der Waals surface area contributed by atoms with Crippen LogP contribution in [0.4, 0.5) is 5.82 Å². The number of rotatable bonds is 7. The van der Waals surface area contributed by atoms with Gasteiger partial charge < -0.3 is 10.6 Å². The monoisotopic (exact) mass is 384 g/mol. The Kier molecular flexibility index (Phi) is 6.25. The Morgan fingerprint density at radius 1 is 1.33 bits per heavy atom. The second-order valence-electron chi connectivity index (χ2n) is 6.02. The number of aromatic nitrogens is 5. The first-order valence-electron chi connectivity index (χ1n) is 8.71. The molecule has 0 amide bonds. The summed E-state index contributed by atoms with van der Waals surface area (Å²) >= 11 is 1.51. The van der Waals surface area contributed by atoms with E-state index in [1.807, 2.05) is 42.5 Å². The molecule has 3 heterocycles. The van der Waals surface area contributed by atoms with Crippen molar-refractivity contribution in [2.45, 2.75) is 13.3 Å². The number of hydrogen-bond donors (Lipinski definition) is 2. The van der Waals surface area contributed by atoms with E-state index in [-0.39, 0.29) is 0 Å². The summed E-state index contributed by atoms with van der Waals surface area (Å²) in [5, 5.41) is 11.5. The van der Waals surface area contributed by atoms with Gasteiger partial charge in [-0.05, 0) is 19.2 Å². The highest BCUT2D eigenvalue weighted by atomic mass is 32.2. The number of aliphatic imine (C=N–C) groups is 1. The fourth-order valence-corrected chi connectivity index (χ4v) is 3.01. The standard InChI is InChI=1S/C18H24N8S/c1-5-6-19-9-13(2)23-18(27-4)24-16-17-21-11-15(26(17)8-7-20-16)14-10-22-25(3)12-14/h7-8,10-12,19H,2,5-6,9H2,1,3-4H3,(H,20,23,24). The van der Waals surface area contributed by atoms with E-state index in [2.05, 4.69) is 44.2 Å². The minimum atomic E-state index is 0.554. The van der Waals surface area contributed by atoms with Gasteiger partial charge in [-0.2, -0.15) is 5.10 Å². The number of imidazole rings is 1. The van der Waals surface area contributed by atoms with E-state index in [0.29, 0.717) is 18.0 Å². The molecule has 0 radical (unpaired) electrons. The van der Waals surface area contributed by atoms with Crippen molar-refractivity contribution in [3.05, 3.63) is 43.3 Å². The molecule has 0 aliphatic carbocycles. The lowest BCUT2D eigenvalue weighted by Gasteiger charge is -2.11. The maximum Gasteiger partial charge on any atom is 0.198 e. The van der Waals surface area contributed by atoms with Gasteiger partial charge in [0.2, 0.25) is 0 Å². The molecule has 3 rings (SSSR count). The molecule has 8 nitrogen and oxygen atoms in total. The summed E-state index contributed by atoms with van der Waals surface area (Å²) in [5.41, 5.74) is 3.50. The minimum absolute atomic E-state index is 0.554. The van der Waals surface area contributed by atoms with Gasteiger partial charge in [-0.25, -0.2) is 15.0 Å². The number of aryl methyl sites for hydroxylation is 1. The van der Waals surface area contributed by atoms with Crippen molar-refractivity contribution in [2.24, 2.45) is 12.0 Å². The van der Waals surface area contributed by atoms with Gasteiger partial charge in [0.25, 0.3) is 0 Å². The first kappa shape index (κ1) is 19.1. The lowest BCUT2D eigenvalue weighted by molar-refractivity contribution is 0.703. The van der Waals surface area contributed by atoms with E-state index < -0.39 is 0 Å². The van der Waals surface area contributed by atoms with E-state index in [4.69, 9.17) is 0 Å². The molecule has 0 aromatic carbocycles. The average molecular weight is 385 g/mol. The molecule has 0 aliphatic rings. The van der Waals surface area contributed by atoms with Crippen LogP contribution in [0.3, 0.4) is 0 Å². The number of hydrogen-bond acceptors (Lipinski definition) is 6. The average Bonchev–Trinajstić information content (AvgIpc) is 3.27. The van der Waals surface area contributed by atoms with Crippen LogP contribution in [0.1, 0.15) is 13.3 Å². The van der Waals surface area contributed by atoms with Crippen LogP contribution in [0.5, 0.6) is 0 Å². The summed E-state index contributed by atoms with van der Waals surface area (Å²) in [7, 11) is 1.89. The normalized spacial score (nSPS) is 11.9. The third-order valence-electron chi connectivity index (χ3n) is 3.86. The Balaban J connectivity index is 1.86. The highest BCUT2D eigenvalue weighted by molar-refractivity contribution is 8.13. The number of thioether (sulfide) groups is 1. The third kappa shape index (κ3) is 4.55. The molecule has 3 aromatic heterocycles. The summed E-state index contributed by atoms with van der Waals surface area (Å²) in [6, 6.07) is 0. The van der Waals surface area contributed by atoms with E-state index in [0.717, 1.165) is 35.1 Å². The molecule has 0 fully saturated rings. The molecule has 0 aliphatic heterocycles. The van der Waals surface area contributed by atoms with Crippen molar-refractivity contribution in [2.75, 3.05) is 19.3 Å². The Morgan fingerprint density at radius 2 is 2.19 bits per heavy atom.